The lowest BCUT2D eigenvalue weighted by molar-refractivity contribution is 0.142. The number of nitrogens with one attached hydrogen (secondary N) is 1. The van der Waals surface area contributed by atoms with Crippen molar-refractivity contribution >= 4 is 11.7 Å². The monoisotopic (exact) mass is 262 g/mol. The first kappa shape index (κ1) is 13.9. The molecule has 0 bridgehead atoms. The van der Waals surface area contributed by atoms with Gasteiger partial charge in [-0.2, -0.15) is 0 Å². The van der Waals surface area contributed by atoms with Crippen LogP contribution in [0.5, 0.6) is 0 Å². The van der Waals surface area contributed by atoms with Gasteiger partial charge in [0.1, 0.15) is 18.8 Å². The number of rotatable bonds is 3. The molecule has 1 saturated heterocycles. The third kappa shape index (κ3) is 2.89. The van der Waals surface area contributed by atoms with Crippen LogP contribution in [-0.4, -0.2) is 50.7 Å². The van der Waals surface area contributed by atoms with E-state index in [1.165, 1.54) is 5.69 Å². The van der Waals surface area contributed by atoms with E-state index in [1.807, 2.05) is 4.90 Å². The average molecular weight is 262 g/mol. The van der Waals surface area contributed by atoms with Crippen LogP contribution in [0, 0.1) is 0 Å². The number of nitrogens with zero attached hydrogens (tertiary/aromatic N) is 2. The maximum atomic E-state index is 11.7. The average Bonchev–Trinajstić information content (AvgIpc) is 2.48. The lowest BCUT2D eigenvalue weighted by Crippen LogP contribution is -2.62. The topological polar surface area (TPSA) is 32.3 Å². The van der Waals surface area contributed by atoms with Crippen molar-refractivity contribution in [2.75, 3.05) is 39.8 Å². The number of urea groups is 1. The van der Waals surface area contributed by atoms with Gasteiger partial charge in [0, 0.05) is 7.05 Å². The van der Waals surface area contributed by atoms with Crippen LogP contribution >= 0.6 is 0 Å². The quantitative estimate of drug-likeness (QED) is 0.831. The fourth-order valence-corrected chi connectivity index (χ4v) is 2.99. The van der Waals surface area contributed by atoms with Crippen molar-refractivity contribution in [3.63, 3.8) is 0 Å². The normalized spacial score (nSPS) is 18.1. The number of amides is 2. The van der Waals surface area contributed by atoms with Crippen molar-refractivity contribution in [3.05, 3.63) is 30.3 Å². The van der Waals surface area contributed by atoms with Crippen LogP contribution < -0.4 is 9.80 Å². The number of hydrogen-bond donors (Lipinski definition) is 1. The highest BCUT2D eigenvalue weighted by molar-refractivity contribution is 5.74. The highest BCUT2D eigenvalue weighted by Gasteiger charge is 2.35. The zero-order valence-electron chi connectivity index (χ0n) is 11.9. The smallest absolute Gasteiger partial charge is 0.317 e. The summed E-state index contributed by atoms with van der Waals surface area (Å²) in [7, 11) is 1.70. The van der Waals surface area contributed by atoms with E-state index in [9.17, 15) is 4.79 Å². The highest BCUT2D eigenvalue weighted by atomic mass is 16.2. The number of quaternary nitrogens is 1. The molecule has 1 aromatic rings. The summed E-state index contributed by atoms with van der Waals surface area (Å²) in [6.45, 7) is 7.04. The molecule has 19 heavy (non-hydrogen) atoms. The molecule has 0 unspecified atom stereocenters. The zero-order valence-corrected chi connectivity index (χ0v) is 11.9. The Morgan fingerprint density at radius 1 is 1.26 bits per heavy atom. The summed E-state index contributed by atoms with van der Waals surface area (Å²) in [6, 6.07) is 10.7. The molecule has 0 radical (unpaired) electrons. The standard InChI is InChI=1S/C15H23N3O/c1-3-11-18(14-7-5-4-6-8-14)12-9-17(10-13-18)15(19)16-2/h4-8H,3,9-13H2,1-2H3/p+1. The van der Waals surface area contributed by atoms with Crippen LogP contribution in [0.2, 0.25) is 0 Å². The summed E-state index contributed by atoms with van der Waals surface area (Å²) >= 11 is 0. The first-order valence-corrected chi connectivity index (χ1v) is 7.10. The van der Waals surface area contributed by atoms with Crippen LogP contribution in [0.1, 0.15) is 13.3 Å². The molecule has 0 aliphatic carbocycles. The zero-order chi connectivity index (χ0) is 13.7. The molecule has 104 valence electrons. The summed E-state index contributed by atoms with van der Waals surface area (Å²) in [5.74, 6) is 0. The minimum Gasteiger partial charge on any atom is -0.341 e. The minimum atomic E-state index is 0.0439. The molecule has 0 aromatic heterocycles. The van der Waals surface area contributed by atoms with Crippen LogP contribution in [0.4, 0.5) is 10.5 Å². The number of hydrogen-bond acceptors (Lipinski definition) is 1. The predicted molar refractivity (Wildman–Crippen MR) is 79.2 cm³/mol. The van der Waals surface area contributed by atoms with Crippen LogP contribution in [0.15, 0.2) is 30.3 Å². The fourth-order valence-electron chi connectivity index (χ4n) is 2.99. The van der Waals surface area contributed by atoms with E-state index in [0.29, 0.717) is 0 Å². The van der Waals surface area contributed by atoms with Gasteiger partial charge >= 0.3 is 6.03 Å². The minimum absolute atomic E-state index is 0.0439. The molecule has 1 aliphatic heterocycles. The summed E-state index contributed by atoms with van der Waals surface area (Å²) < 4.78 is 1.00. The van der Waals surface area contributed by atoms with Gasteiger partial charge in [0.05, 0.1) is 19.6 Å². The number of carbonyl (C=O) groups excluding carboxylic acids is 1. The molecule has 0 atom stereocenters. The second kappa shape index (κ2) is 6.06. The fraction of sp³-hybridized carbons (Fsp3) is 0.533. The molecular weight excluding hydrogens is 238 g/mol. The largest absolute Gasteiger partial charge is 0.341 e. The van der Waals surface area contributed by atoms with Crippen molar-refractivity contribution < 1.29 is 4.79 Å². The van der Waals surface area contributed by atoms with E-state index in [0.717, 1.165) is 43.6 Å². The molecule has 2 amide bonds. The van der Waals surface area contributed by atoms with Crippen LogP contribution in [-0.2, 0) is 0 Å². The van der Waals surface area contributed by atoms with E-state index in [2.05, 4.69) is 42.6 Å². The van der Waals surface area contributed by atoms with Gasteiger partial charge in [0.25, 0.3) is 0 Å². The summed E-state index contributed by atoms with van der Waals surface area (Å²) in [5.41, 5.74) is 1.38. The first-order valence-electron chi connectivity index (χ1n) is 7.10. The van der Waals surface area contributed by atoms with Crippen LogP contribution in [0.25, 0.3) is 0 Å². The Kier molecular flexibility index (Phi) is 4.43. The molecule has 1 aliphatic rings. The second-order valence-electron chi connectivity index (χ2n) is 5.19. The van der Waals surface area contributed by atoms with Crippen molar-refractivity contribution in [2.45, 2.75) is 13.3 Å². The van der Waals surface area contributed by atoms with Gasteiger partial charge in [-0.15, -0.1) is 0 Å². The number of piperazine rings is 1. The van der Waals surface area contributed by atoms with Gasteiger partial charge in [-0.3, -0.25) is 4.48 Å². The van der Waals surface area contributed by atoms with Crippen molar-refractivity contribution in [1.82, 2.24) is 14.7 Å². The maximum Gasteiger partial charge on any atom is 0.317 e. The van der Waals surface area contributed by atoms with Crippen LogP contribution in [0.3, 0.4) is 0 Å². The second-order valence-corrected chi connectivity index (χ2v) is 5.19. The first-order chi connectivity index (χ1) is 9.22. The Bertz CT molecular complexity index is 411. The Morgan fingerprint density at radius 2 is 1.89 bits per heavy atom. The summed E-state index contributed by atoms with van der Waals surface area (Å²) in [5, 5.41) is 2.71. The number of para-hydroxylation sites is 1. The molecule has 4 nitrogen and oxygen atoms in total. The molecule has 2 rings (SSSR count). The van der Waals surface area contributed by atoms with E-state index in [1.54, 1.807) is 7.05 Å². The molecular formula is C15H24N3O+. The highest BCUT2D eigenvalue weighted by Crippen LogP contribution is 2.25. The van der Waals surface area contributed by atoms with Crippen molar-refractivity contribution in [3.8, 4) is 0 Å². The van der Waals surface area contributed by atoms with Gasteiger partial charge in [-0.1, -0.05) is 25.1 Å². The molecule has 0 saturated carbocycles. The lowest BCUT2D eigenvalue weighted by atomic mass is 10.1. The SMILES string of the molecule is CCC[N+]1(c2ccccc2)CCN(C(=O)NC)CC1. The van der Waals surface area contributed by atoms with Gasteiger partial charge in [0.2, 0.25) is 0 Å². The Morgan fingerprint density at radius 3 is 2.42 bits per heavy atom. The Hall–Kier alpha value is -1.55. The van der Waals surface area contributed by atoms with E-state index in [4.69, 9.17) is 0 Å². The maximum absolute atomic E-state index is 11.7. The van der Waals surface area contributed by atoms with Gasteiger partial charge in [-0.25, -0.2) is 4.79 Å². The Labute approximate surface area is 115 Å². The summed E-state index contributed by atoms with van der Waals surface area (Å²) in [4.78, 5) is 13.6. The number of carbonyl (C=O) groups is 1. The molecule has 0 spiro atoms. The van der Waals surface area contributed by atoms with Gasteiger partial charge in [-0.05, 0) is 18.6 Å². The van der Waals surface area contributed by atoms with Crippen molar-refractivity contribution in [1.29, 1.82) is 0 Å². The third-order valence-electron chi connectivity index (χ3n) is 4.05. The molecule has 1 heterocycles. The van der Waals surface area contributed by atoms with E-state index in [-0.39, 0.29) is 6.03 Å². The van der Waals surface area contributed by atoms with Gasteiger partial charge in [0.15, 0.2) is 0 Å². The molecule has 4 heteroatoms. The Balaban J connectivity index is 2.14. The number of benzene rings is 1. The van der Waals surface area contributed by atoms with Gasteiger partial charge < -0.3 is 10.2 Å². The van der Waals surface area contributed by atoms with E-state index < -0.39 is 0 Å². The lowest BCUT2D eigenvalue weighted by Gasteiger charge is -2.44. The molecule has 1 fully saturated rings. The third-order valence-corrected chi connectivity index (χ3v) is 4.05. The van der Waals surface area contributed by atoms with Crippen molar-refractivity contribution in [2.24, 2.45) is 0 Å². The summed E-state index contributed by atoms with van der Waals surface area (Å²) in [6.07, 6.45) is 1.16. The predicted octanol–water partition coefficient (Wildman–Crippen LogP) is 2.06. The van der Waals surface area contributed by atoms with E-state index >= 15 is 0 Å². The molecule has 1 aromatic carbocycles. The molecule has 1 N–H and O–H groups in total.